The summed E-state index contributed by atoms with van der Waals surface area (Å²) in [5, 5.41) is 0. The van der Waals surface area contributed by atoms with Crippen molar-refractivity contribution in [2.24, 2.45) is 0 Å². The minimum Gasteiger partial charge on any atom is -0.492 e. The summed E-state index contributed by atoms with van der Waals surface area (Å²) in [4.78, 5) is 14.3. The molecule has 0 bridgehead atoms. The number of ether oxygens (including phenoxy) is 1. The molecule has 21 heavy (non-hydrogen) atoms. The molecule has 0 radical (unpaired) electrons. The standard InChI is InChI=1S/C14H18ClNO4S/c1-3-7-16(4-2)14(17)12-9-20-13-6-5-10(8-11(12)13)21(15,18)19/h5-6,8,12H,3-4,7,9H2,1-2H3. The number of carbonyl (C=O) groups is 1. The van der Waals surface area contributed by atoms with E-state index in [2.05, 4.69) is 0 Å². The summed E-state index contributed by atoms with van der Waals surface area (Å²) < 4.78 is 28.3. The van der Waals surface area contributed by atoms with Crippen molar-refractivity contribution in [1.82, 2.24) is 4.90 Å². The summed E-state index contributed by atoms with van der Waals surface area (Å²) in [5.74, 6) is 0.0389. The lowest BCUT2D eigenvalue weighted by Gasteiger charge is -2.23. The van der Waals surface area contributed by atoms with Gasteiger partial charge in [-0.2, -0.15) is 0 Å². The van der Waals surface area contributed by atoms with Crippen molar-refractivity contribution in [3.63, 3.8) is 0 Å². The molecule has 116 valence electrons. The molecule has 1 aliphatic rings. The molecule has 0 saturated carbocycles. The summed E-state index contributed by atoms with van der Waals surface area (Å²) >= 11 is 0. The Kier molecular flexibility index (Phi) is 4.78. The second-order valence-corrected chi connectivity index (χ2v) is 7.48. The van der Waals surface area contributed by atoms with Crippen molar-refractivity contribution in [3.8, 4) is 5.75 Å². The van der Waals surface area contributed by atoms with Crippen molar-refractivity contribution >= 4 is 25.6 Å². The van der Waals surface area contributed by atoms with Crippen molar-refractivity contribution in [3.05, 3.63) is 23.8 Å². The van der Waals surface area contributed by atoms with Crippen molar-refractivity contribution in [2.45, 2.75) is 31.1 Å². The van der Waals surface area contributed by atoms with E-state index in [-0.39, 0.29) is 17.4 Å². The molecule has 0 spiro atoms. The predicted octanol–water partition coefficient (Wildman–Crippen LogP) is 2.35. The number of carbonyl (C=O) groups excluding carboxylic acids is 1. The zero-order valence-electron chi connectivity index (χ0n) is 12.0. The maximum atomic E-state index is 12.6. The van der Waals surface area contributed by atoms with Crippen LogP contribution in [0.15, 0.2) is 23.1 Å². The normalized spacial score (nSPS) is 17.2. The summed E-state index contributed by atoms with van der Waals surface area (Å²) in [6, 6.07) is 4.37. The topological polar surface area (TPSA) is 63.7 Å². The Balaban J connectivity index is 2.34. The van der Waals surface area contributed by atoms with Crippen molar-refractivity contribution in [1.29, 1.82) is 0 Å². The van der Waals surface area contributed by atoms with Gasteiger partial charge >= 0.3 is 0 Å². The Hall–Kier alpha value is -1.27. The third kappa shape index (κ3) is 3.32. The fourth-order valence-corrected chi connectivity index (χ4v) is 3.25. The van der Waals surface area contributed by atoms with Gasteiger partial charge in [0.25, 0.3) is 9.05 Å². The highest BCUT2D eigenvalue weighted by molar-refractivity contribution is 8.13. The van der Waals surface area contributed by atoms with Crippen LogP contribution in [0.2, 0.25) is 0 Å². The molecule has 0 N–H and O–H groups in total. The number of likely N-dealkylation sites (N-methyl/N-ethyl adjacent to an activating group) is 1. The molecular weight excluding hydrogens is 314 g/mol. The molecular formula is C14H18ClNO4S. The number of hydrogen-bond donors (Lipinski definition) is 0. The Morgan fingerprint density at radius 2 is 2.14 bits per heavy atom. The number of amides is 1. The van der Waals surface area contributed by atoms with E-state index in [4.69, 9.17) is 15.4 Å². The largest absolute Gasteiger partial charge is 0.492 e. The molecule has 1 heterocycles. The van der Waals surface area contributed by atoms with Gasteiger partial charge in [0, 0.05) is 29.3 Å². The second kappa shape index (κ2) is 6.23. The van der Waals surface area contributed by atoms with E-state index < -0.39 is 15.0 Å². The fraction of sp³-hybridized carbons (Fsp3) is 0.500. The van der Waals surface area contributed by atoms with Crippen LogP contribution in [0.25, 0.3) is 0 Å². The van der Waals surface area contributed by atoms with E-state index >= 15 is 0 Å². The first-order valence-electron chi connectivity index (χ1n) is 6.88. The van der Waals surface area contributed by atoms with Crippen molar-refractivity contribution < 1.29 is 17.9 Å². The van der Waals surface area contributed by atoms with Gasteiger partial charge < -0.3 is 9.64 Å². The quantitative estimate of drug-likeness (QED) is 0.777. The van der Waals surface area contributed by atoms with Crippen LogP contribution in [-0.4, -0.2) is 38.9 Å². The minimum atomic E-state index is -3.82. The van der Waals surface area contributed by atoms with Gasteiger partial charge in [-0.3, -0.25) is 4.79 Å². The SMILES string of the molecule is CCCN(CC)C(=O)C1COc2ccc(S(=O)(=O)Cl)cc21. The zero-order valence-corrected chi connectivity index (χ0v) is 13.6. The summed E-state index contributed by atoms with van der Waals surface area (Å²) in [6.07, 6.45) is 0.871. The molecule has 2 rings (SSSR count). The van der Waals surface area contributed by atoms with Gasteiger partial charge in [0.2, 0.25) is 5.91 Å². The van der Waals surface area contributed by atoms with Crippen LogP contribution in [0, 0.1) is 0 Å². The van der Waals surface area contributed by atoms with Gasteiger partial charge in [-0.05, 0) is 31.5 Å². The van der Waals surface area contributed by atoms with E-state index in [9.17, 15) is 13.2 Å². The van der Waals surface area contributed by atoms with Gasteiger partial charge in [-0.1, -0.05) is 6.92 Å². The molecule has 1 amide bonds. The number of halogens is 1. The first kappa shape index (κ1) is 16.1. The summed E-state index contributed by atoms with van der Waals surface area (Å²) in [7, 11) is 1.55. The molecule has 1 aliphatic heterocycles. The lowest BCUT2D eigenvalue weighted by atomic mass is 9.99. The Bertz CT molecular complexity index is 644. The van der Waals surface area contributed by atoms with Crippen LogP contribution >= 0.6 is 10.7 Å². The average Bonchev–Trinajstić information content (AvgIpc) is 2.86. The molecule has 0 fully saturated rings. The molecule has 1 unspecified atom stereocenters. The molecule has 0 aromatic heterocycles. The van der Waals surface area contributed by atoms with Gasteiger partial charge in [0.05, 0.1) is 4.90 Å². The van der Waals surface area contributed by atoms with Gasteiger partial charge in [-0.15, -0.1) is 0 Å². The highest BCUT2D eigenvalue weighted by atomic mass is 35.7. The number of hydrogen-bond acceptors (Lipinski definition) is 4. The lowest BCUT2D eigenvalue weighted by Crippen LogP contribution is -2.36. The first-order chi connectivity index (χ1) is 9.88. The maximum Gasteiger partial charge on any atom is 0.261 e. The molecule has 1 aromatic rings. The molecule has 0 aliphatic carbocycles. The molecule has 5 nitrogen and oxygen atoms in total. The Labute approximate surface area is 129 Å². The van der Waals surface area contributed by atoms with Gasteiger partial charge in [-0.25, -0.2) is 8.42 Å². The summed E-state index contributed by atoms with van der Waals surface area (Å²) in [6.45, 7) is 5.46. The van der Waals surface area contributed by atoms with E-state index in [1.54, 1.807) is 11.0 Å². The second-order valence-electron chi connectivity index (χ2n) is 4.92. The fourth-order valence-electron chi connectivity index (χ4n) is 2.46. The average molecular weight is 332 g/mol. The van der Waals surface area contributed by atoms with Crippen LogP contribution < -0.4 is 4.74 Å². The zero-order chi connectivity index (χ0) is 15.6. The predicted molar refractivity (Wildman–Crippen MR) is 80.3 cm³/mol. The van der Waals surface area contributed by atoms with Crippen LogP contribution in [0.4, 0.5) is 0 Å². The third-order valence-corrected chi connectivity index (χ3v) is 4.88. The minimum absolute atomic E-state index is 0.00948. The lowest BCUT2D eigenvalue weighted by molar-refractivity contribution is -0.132. The Morgan fingerprint density at radius 3 is 2.71 bits per heavy atom. The maximum absolute atomic E-state index is 12.6. The molecule has 1 aromatic carbocycles. The summed E-state index contributed by atoms with van der Waals surface area (Å²) in [5.41, 5.74) is 0.594. The van der Waals surface area contributed by atoms with Gasteiger partial charge in [0.15, 0.2) is 0 Å². The van der Waals surface area contributed by atoms with E-state index in [1.165, 1.54) is 12.1 Å². The van der Waals surface area contributed by atoms with Crippen molar-refractivity contribution in [2.75, 3.05) is 19.7 Å². The third-order valence-electron chi connectivity index (χ3n) is 3.53. The highest BCUT2D eigenvalue weighted by Crippen LogP contribution is 2.37. The molecule has 0 saturated heterocycles. The monoisotopic (exact) mass is 331 g/mol. The highest BCUT2D eigenvalue weighted by Gasteiger charge is 2.33. The van der Waals surface area contributed by atoms with Crippen LogP contribution in [0.5, 0.6) is 5.75 Å². The first-order valence-corrected chi connectivity index (χ1v) is 9.19. The number of rotatable bonds is 5. The number of benzene rings is 1. The smallest absolute Gasteiger partial charge is 0.261 e. The van der Waals surface area contributed by atoms with E-state index in [0.29, 0.717) is 24.4 Å². The number of nitrogens with zero attached hydrogens (tertiary/aromatic N) is 1. The molecule has 7 heteroatoms. The molecule has 1 atom stereocenters. The van der Waals surface area contributed by atoms with Crippen LogP contribution in [0.1, 0.15) is 31.7 Å². The van der Waals surface area contributed by atoms with E-state index in [0.717, 1.165) is 6.42 Å². The van der Waals surface area contributed by atoms with E-state index in [1.807, 2.05) is 13.8 Å². The van der Waals surface area contributed by atoms with Crippen LogP contribution in [-0.2, 0) is 13.8 Å². The van der Waals surface area contributed by atoms with Gasteiger partial charge in [0.1, 0.15) is 18.3 Å². The Morgan fingerprint density at radius 1 is 1.43 bits per heavy atom. The van der Waals surface area contributed by atoms with Crippen LogP contribution in [0.3, 0.4) is 0 Å². The number of fused-ring (bicyclic) bond motifs is 1.